The van der Waals surface area contributed by atoms with E-state index in [1.54, 1.807) is 13.0 Å². The van der Waals surface area contributed by atoms with Crippen LogP contribution in [0.4, 0.5) is 5.69 Å². The van der Waals surface area contributed by atoms with Gasteiger partial charge in [-0.15, -0.1) is 0 Å². The van der Waals surface area contributed by atoms with Crippen molar-refractivity contribution in [1.82, 2.24) is 5.32 Å². The van der Waals surface area contributed by atoms with E-state index in [1.165, 1.54) is 0 Å². The average Bonchev–Trinajstić information content (AvgIpc) is 2.36. The van der Waals surface area contributed by atoms with E-state index in [2.05, 4.69) is 18.5 Å². The minimum atomic E-state index is -0.317. The third-order valence-electron chi connectivity index (χ3n) is 3.22. The highest BCUT2D eigenvalue weighted by Gasteiger charge is 2.15. The van der Waals surface area contributed by atoms with Crippen molar-refractivity contribution in [2.75, 3.05) is 12.0 Å². The van der Waals surface area contributed by atoms with Crippen molar-refractivity contribution in [2.24, 2.45) is 0 Å². The smallest absolute Gasteiger partial charge is 0.272 e. The Balaban J connectivity index is 2.74. The summed E-state index contributed by atoms with van der Waals surface area (Å²) < 4.78 is 0. The monoisotopic (exact) mass is 282 g/mol. The fraction of sp³-hybridized carbons (Fsp3) is 0.571. The molecule has 5 heteroatoms. The van der Waals surface area contributed by atoms with Gasteiger partial charge in [0, 0.05) is 23.7 Å². The number of nitro groups is 1. The molecule has 2 unspecified atom stereocenters. The van der Waals surface area contributed by atoms with Crippen LogP contribution in [0, 0.1) is 17.0 Å². The van der Waals surface area contributed by atoms with Crippen molar-refractivity contribution >= 4 is 17.4 Å². The van der Waals surface area contributed by atoms with Crippen LogP contribution in [0.1, 0.15) is 37.4 Å². The van der Waals surface area contributed by atoms with Crippen molar-refractivity contribution in [2.45, 2.75) is 39.3 Å². The molecule has 0 aliphatic carbocycles. The summed E-state index contributed by atoms with van der Waals surface area (Å²) in [6.45, 7) is 5.96. The van der Waals surface area contributed by atoms with E-state index < -0.39 is 0 Å². The molecular weight excluding hydrogens is 260 g/mol. The number of rotatable bonds is 7. The maximum Gasteiger partial charge on any atom is 0.272 e. The van der Waals surface area contributed by atoms with Crippen LogP contribution in [-0.2, 0) is 0 Å². The lowest BCUT2D eigenvalue weighted by atomic mass is 10.0. The van der Waals surface area contributed by atoms with Gasteiger partial charge >= 0.3 is 0 Å². The number of nitro benzene ring substituents is 1. The number of hydrogen-bond acceptors (Lipinski definition) is 4. The van der Waals surface area contributed by atoms with Gasteiger partial charge in [0.1, 0.15) is 0 Å². The lowest BCUT2D eigenvalue weighted by molar-refractivity contribution is -0.385. The van der Waals surface area contributed by atoms with Gasteiger partial charge in [-0.2, -0.15) is 11.8 Å². The van der Waals surface area contributed by atoms with Gasteiger partial charge in [-0.3, -0.25) is 10.1 Å². The van der Waals surface area contributed by atoms with Gasteiger partial charge in [0.2, 0.25) is 0 Å². The van der Waals surface area contributed by atoms with Crippen molar-refractivity contribution in [3.05, 3.63) is 39.4 Å². The van der Waals surface area contributed by atoms with Crippen LogP contribution in [0.2, 0.25) is 0 Å². The van der Waals surface area contributed by atoms with Crippen LogP contribution in [0.3, 0.4) is 0 Å². The number of aryl methyl sites for hydroxylation is 1. The van der Waals surface area contributed by atoms with Crippen LogP contribution >= 0.6 is 11.8 Å². The number of nitrogens with zero attached hydrogens (tertiary/aromatic N) is 1. The van der Waals surface area contributed by atoms with E-state index in [0.29, 0.717) is 11.6 Å². The third-order valence-corrected chi connectivity index (χ3v) is 3.86. The molecule has 0 aliphatic heterocycles. The van der Waals surface area contributed by atoms with Crippen molar-refractivity contribution in [1.29, 1.82) is 0 Å². The van der Waals surface area contributed by atoms with Gasteiger partial charge in [0.25, 0.3) is 5.69 Å². The second-order valence-corrected chi connectivity index (χ2v) is 5.86. The summed E-state index contributed by atoms with van der Waals surface area (Å²) in [6, 6.07) is 5.98. The summed E-state index contributed by atoms with van der Waals surface area (Å²) in [5.41, 5.74) is 1.87. The topological polar surface area (TPSA) is 55.2 Å². The van der Waals surface area contributed by atoms with E-state index >= 15 is 0 Å². The zero-order valence-electron chi connectivity index (χ0n) is 12.0. The number of thioether (sulfide) groups is 1. The first-order chi connectivity index (χ1) is 8.95. The van der Waals surface area contributed by atoms with Gasteiger partial charge in [-0.05, 0) is 44.8 Å². The first-order valence-corrected chi connectivity index (χ1v) is 7.85. The van der Waals surface area contributed by atoms with E-state index in [0.717, 1.165) is 17.7 Å². The highest BCUT2D eigenvalue weighted by molar-refractivity contribution is 7.98. The van der Waals surface area contributed by atoms with E-state index in [4.69, 9.17) is 0 Å². The predicted molar refractivity (Wildman–Crippen MR) is 81.8 cm³/mol. The van der Waals surface area contributed by atoms with Gasteiger partial charge in [0.05, 0.1) is 4.92 Å². The zero-order valence-corrected chi connectivity index (χ0v) is 12.8. The minimum absolute atomic E-state index is 0.121. The Kier molecular flexibility index (Phi) is 6.31. The first kappa shape index (κ1) is 16.0. The maximum atomic E-state index is 10.9. The lowest BCUT2D eigenvalue weighted by Gasteiger charge is -2.20. The molecule has 0 aliphatic rings. The summed E-state index contributed by atoms with van der Waals surface area (Å²) >= 11 is 1.83. The molecule has 0 bridgehead atoms. The van der Waals surface area contributed by atoms with Gasteiger partial charge in [0.15, 0.2) is 0 Å². The van der Waals surface area contributed by atoms with E-state index in [-0.39, 0.29) is 16.7 Å². The standard InChI is InChI=1S/C14H22N2O2S/c1-10-5-6-13(9-14(10)16(17)18)12(3)15-11(2)7-8-19-4/h5-6,9,11-12,15H,7-8H2,1-4H3. The van der Waals surface area contributed by atoms with Crippen molar-refractivity contribution < 1.29 is 4.92 Å². The van der Waals surface area contributed by atoms with Crippen LogP contribution in [0.25, 0.3) is 0 Å². The molecule has 0 aromatic heterocycles. The molecule has 2 atom stereocenters. The molecule has 1 rings (SSSR count). The van der Waals surface area contributed by atoms with E-state index in [9.17, 15) is 10.1 Å². The van der Waals surface area contributed by atoms with Crippen molar-refractivity contribution in [3.8, 4) is 0 Å². The van der Waals surface area contributed by atoms with Crippen LogP contribution < -0.4 is 5.32 Å². The molecule has 0 heterocycles. The average molecular weight is 282 g/mol. The Bertz CT molecular complexity index is 437. The summed E-state index contributed by atoms with van der Waals surface area (Å²) in [6.07, 6.45) is 3.19. The molecule has 4 nitrogen and oxygen atoms in total. The quantitative estimate of drug-likeness (QED) is 0.612. The third kappa shape index (κ3) is 4.84. The predicted octanol–water partition coefficient (Wildman–Crippen LogP) is 3.70. The molecule has 0 radical (unpaired) electrons. The van der Waals surface area contributed by atoms with Crippen LogP contribution in [-0.4, -0.2) is 23.0 Å². The molecule has 1 N–H and O–H groups in total. The Hall–Kier alpha value is -1.07. The van der Waals surface area contributed by atoms with Gasteiger partial charge in [-0.25, -0.2) is 0 Å². The molecule has 106 valence electrons. The Labute approximate surface area is 119 Å². The van der Waals surface area contributed by atoms with Gasteiger partial charge in [-0.1, -0.05) is 12.1 Å². The summed E-state index contributed by atoms with van der Waals surface area (Å²) in [4.78, 5) is 10.6. The fourth-order valence-electron chi connectivity index (χ4n) is 1.99. The number of hydrogen-bond donors (Lipinski definition) is 1. The normalized spacial score (nSPS) is 14.1. The molecule has 0 saturated carbocycles. The van der Waals surface area contributed by atoms with Crippen molar-refractivity contribution in [3.63, 3.8) is 0 Å². The highest BCUT2D eigenvalue weighted by Crippen LogP contribution is 2.23. The largest absolute Gasteiger partial charge is 0.308 e. The van der Waals surface area contributed by atoms with Crippen LogP contribution in [0.15, 0.2) is 18.2 Å². The summed E-state index contributed by atoms with van der Waals surface area (Å²) in [5.74, 6) is 1.12. The second kappa shape index (κ2) is 7.50. The Morgan fingerprint density at radius 2 is 2.11 bits per heavy atom. The maximum absolute atomic E-state index is 10.9. The fourth-order valence-corrected chi connectivity index (χ4v) is 2.58. The molecular formula is C14H22N2O2S. The molecule has 1 aromatic rings. The minimum Gasteiger partial charge on any atom is -0.308 e. The SMILES string of the molecule is CSCCC(C)NC(C)c1ccc(C)c([N+](=O)[O-])c1. The first-order valence-electron chi connectivity index (χ1n) is 6.45. The van der Waals surface area contributed by atoms with Crippen LogP contribution in [0.5, 0.6) is 0 Å². The molecule has 1 aromatic carbocycles. The Morgan fingerprint density at radius 1 is 1.42 bits per heavy atom. The molecule has 0 saturated heterocycles. The molecule has 19 heavy (non-hydrogen) atoms. The summed E-state index contributed by atoms with van der Waals surface area (Å²) in [7, 11) is 0. The zero-order chi connectivity index (χ0) is 14.4. The molecule has 0 spiro atoms. The van der Waals surface area contributed by atoms with Gasteiger partial charge < -0.3 is 5.32 Å². The Morgan fingerprint density at radius 3 is 2.68 bits per heavy atom. The summed E-state index contributed by atoms with van der Waals surface area (Å²) in [5, 5.41) is 14.4. The number of benzene rings is 1. The molecule has 0 fully saturated rings. The second-order valence-electron chi connectivity index (χ2n) is 4.87. The highest BCUT2D eigenvalue weighted by atomic mass is 32.2. The molecule has 0 amide bonds. The van der Waals surface area contributed by atoms with E-state index in [1.807, 2.05) is 30.8 Å². The number of nitrogens with one attached hydrogen (secondary N) is 1. The lowest BCUT2D eigenvalue weighted by Crippen LogP contribution is -2.29.